The number of aromatic amines is 1. The van der Waals surface area contributed by atoms with E-state index in [1.54, 1.807) is 0 Å². The molecule has 0 amide bonds. The van der Waals surface area contributed by atoms with Crippen LogP contribution < -0.4 is 9.64 Å². The molecule has 0 bridgehead atoms. The first-order valence-electron chi connectivity index (χ1n) is 10.6. The van der Waals surface area contributed by atoms with Crippen LogP contribution in [0.1, 0.15) is 6.42 Å². The zero-order valence-corrected chi connectivity index (χ0v) is 16.8. The van der Waals surface area contributed by atoms with Crippen LogP contribution in [0.3, 0.4) is 0 Å². The van der Waals surface area contributed by atoms with Crippen LogP contribution in [-0.2, 0) is 9.47 Å². The SMILES string of the molecule is O[C@@H]1CCN(c2ccc(-c3ccc4[nH]c(O[C@@H]5CO[C@H]6[C@@H]5OC[C@H]6O)nc4n3)cc2)C1. The van der Waals surface area contributed by atoms with Gasteiger partial charge in [-0.15, -0.1) is 0 Å². The van der Waals surface area contributed by atoms with E-state index in [9.17, 15) is 10.2 Å². The molecule has 9 nitrogen and oxygen atoms in total. The summed E-state index contributed by atoms with van der Waals surface area (Å²) in [6.07, 6.45) is -0.996. The molecule has 3 fully saturated rings. The number of ether oxygens (including phenoxy) is 3. The number of benzene rings is 1. The Bertz CT molecular complexity index is 1090. The highest BCUT2D eigenvalue weighted by molar-refractivity contribution is 5.76. The number of β-amino-alcohol motifs (C(OH)–C–C–N with tert-alkyl or cyclic N) is 1. The Morgan fingerprint density at radius 2 is 1.84 bits per heavy atom. The Labute approximate surface area is 178 Å². The van der Waals surface area contributed by atoms with Gasteiger partial charge in [0.15, 0.2) is 11.8 Å². The van der Waals surface area contributed by atoms with E-state index >= 15 is 0 Å². The van der Waals surface area contributed by atoms with E-state index < -0.39 is 6.10 Å². The lowest BCUT2D eigenvalue weighted by Crippen LogP contribution is -2.34. The zero-order chi connectivity index (χ0) is 20.9. The van der Waals surface area contributed by atoms with E-state index in [4.69, 9.17) is 14.2 Å². The van der Waals surface area contributed by atoms with Crippen LogP contribution in [0.5, 0.6) is 6.01 Å². The number of aromatic nitrogens is 3. The van der Waals surface area contributed by atoms with Crippen LogP contribution in [-0.4, -0.2) is 82.0 Å². The first-order chi connectivity index (χ1) is 15.1. The van der Waals surface area contributed by atoms with Gasteiger partial charge in [-0.3, -0.25) is 0 Å². The van der Waals surface area contributed by atoms with Gasteiger partial charge in [0.25, 0.3) is 6.01 Å². The van der Waals surface area contributed by atoms with Gasteiger partial charge < -0.3 is 34.3 Å². The molecule has 1 aromatic carbocycles. The van der Waals surface area contributed by atoms with Gasteiger partial charge in [-0.25, -0.2) is 4.98 Å². The largest absolute Gasteiger partial charge is 0.456 e. The molecule has 31 heavy (non-hydrogen) atoms. The first-order valence-corrected chi connectivity index (χ1v) is 10.6. The van der Waals surface area contributed by atoms with Crippen molar-refractivity contribution < 1.29 is 24.4 Å². The number of aliphatic hydroxyl groups is 2. The van der Waals surface area contributed by atoms with Crippen LogP contribution in [0.25, 0.3) is 22.4 Å². The second kappa shape index (κ2) is 7.45. The van der Waals surface area contributed by atoms with Crippen molar-refractivity contribution in [1.82, 2.24) is 15.0 Å². The quantitative estimate of drug-likeness (QED) is 0.571. The standard InChI is InChI=1S/C22H24N4O5/c27-14-7-8-26(9-14)13-3-1-12(2-4-13)15-5-6-16-21(23-15)25-22(24-16)31-18-11-30-19-17(28)10-29-20(18)19/h1-6,14,17-20,27-28H,7-11H2,(H,23,24,25)/t14-,17-,18-,19-,20-/m1/s1. The molecule has 0 spiro atoms. The number of hydrogen-bond acceptors (Lipinski definition) is 8. The van der Waals surface area contributed by atoms with Gasteiger partial charge in [-0.1, -0.05) is 12.1 Å². The Balaban J connectivity index is 1.19. The summed E-state index contributed by atoms with van der Waals surface area (Å²) < 4.78 is 17.2. The lowest BCUT2D eigenvalue weighted by Gasteiger charge is -2.17. The van der Waals surface area contributed by atoms with Gasteiger partial charge >= 0.3 is 0 Å². The van der Waals surface area contributed by atoms with Crippen LogP contribution >= 0.6 is 0 Å². The number of anilines is 1. The molecule has 162 valence electrons. The number of fused-ring (bicyclic) bond motifs is 2. The lowest BCUT2D eigenvalue weighted by molar-refractivity contribution is 0.00706. The number of rotatable bonds is 4. The molecule has 9 heteroatoms. The van der Waals surface area contributed by atoms with E-state index in [1.165, 1.54) is 0 Å². The third kappa shape index (κ3) is 3.43. The molecule has 0 aliphatic carbocycles. The van der Waals surface area contributed by atoms with E-state index in [1.807, 2.05) is 24.3 Å². The number of imidazole rings is 1. The average Bonchev–Trinajstić information content (AvgIpc) is 3.55. The number of nitrogens with one attached hydrogen (secondary N) is 1. The van der Waals surface area contributed by atoms with Gasteiger partial charge in [0, 0.05) is 24.3 Å². The summed E-state index contributed by atoms with van der Waals surface area (Å²) in [4.78, 5) is 14.5. The van der Waals surface area contributed by atoms with Crippen LogP contribution in [0.15, 0.2) is 36.4 Å². The monoisotopic (exact) mass is 424 g/mol. The summed E-state index contributed by atoms with van der Waals surface area (Å²) in [5, 5.41) is 19.6. The Morgan fingerprint density at radius 1 is 1.00 bits per heavy atom. The minimum atomic E-state index is -0.611. The summed E-state index contributed by atoms with van der Waals surface area (Å²) in [5.74, 6) is 0. The molecule has 5 heterocycles. The van der Waals surface area contributed by atoms with Gasteiger partial charge in [0.2, 0.25) is 0 Å². The van der Waals surface area contributed by atoms with Crippen LogP contribution in [0, 0.1) is 0 Å². The number of aliphatic hydroxyl groups excluding tert-OH is 2. The molecule has 6 rings (SSSR count). The Hall–Kier alpha value is -2.72. The van der Waals surface area contributed by atoms with E-state index in [-0.39, 0.29) is 31.0 Å². The zero-order valence-electron chi connectivity index (χ0n) is 16.8. The molecule has 0 saturated carbocycles. The minimum Gasteiger partial charge on any atom is -0.456 e. The van der Waals surface area contributed by atoms with Crippen LogP contribution in [0.2, 0.25) is 0 Å². The predicted molar refractivity (Wildman–Crippen MR) is 112 cm³/mol. The second-order valence-corrected chi connectivity index (χ2v) is 8.36. The van der Waals surface area contributed by atoms with Crippen molar-refractivity contribution in [2.75, 3.05) is 31.2 Å². The van der Waals surface area contributed by atoms with E-state index in [0.717, 1.165) is 35.4 Å². The van der Waals surface area contributed by atoms with Crippen molar-refractivity contribution in [3.63, 3.8) is 0 Å². The lowest BCUT2D eigenvalue weighted by atomic mass is 10.1. The normalized spacial score (nSPS) is 30.3. The van der Waals surface area contributed by atoms with Crippen molar-refractivity contribution in [3.05, 3.63) is 36.4 Å². The Morgan fingerprint density at radius 3 is 2.65 bits per heavy atom. The topological polar surface area (TPSA) is 113 Å². The molecule has 3 aliphatic rings. The predicted octanol–water partition coefficient (Wildman–Crippen LogP) is 1.10. The number of pyridine rings is 1. The summed E-state index contributed by atoms with van der Waals surface area (Å²) in [6, 6.07) is 12.4. The Kier molecular flexibility index (Phi) is 4.57. The summed E-state index contributed by atoms with van der Waals surface area (Å²) in [7, 11) is 0. The highest BCUT2D eigenvalue weighted by Gasteiger charge is 2.48. The van der Waals surface area contributed by atoms with Crippen molar-refractivity contribution in [1.29, 1.82) is 0 Å². The number of nitrogens with zero attached hydrogens (tertiary/aromatic N) is 3. The molecule has 3 aliphatic heterocycles. The van der Waals surface area contributed by atoms with Gasteiger partial charge in [-0.2, -0.15) is 4.98 Å². The molecule has 2 aromatic heterocycles. The van der Waals surface area contributed by atoms with E-state index in [2.05, 4.69) is 32.0 Å². The second-order valence-electron chi connectivity index (χ2n) is 8.36. The van der Waals surface area contributed by atoms with Crippen molar-refractivity contribution >= 4 is 16.9 Å². The molecule has 3 saturated heterocycles. The minimum absolute atomic E-state index is 0.244. The van der Waals surface area contributed by atoms with Crippen LogP contribution in [0.4, 0.5) is 5.69 Å². The van der Waals surface area contributed by atoms with Crippen molar-refractivity contribution in [3.8, 4) is 17.3 Å². The molecular weight excluding hydrogens is 400 g/mol. The van der Waals surface area contributed by atoms with Gasteiger partial charge in [0.05, 0.1) is 30.5 Å². The average molecular weight is 424 g/mol. The van der Waals surface area contributed by atoms with E-state index in [0.29, 0.717) is 24.8 Å². The third-order valence-electron chi connectivity index (χ3n) is 6.26. The molecular formula is C22H24N4O5. The van der Waals surface area contributed by atoms with Gasteiger partial charge in [0.1, 0.15) is 18.3 Å². The summed E-state index contributed by atoms with van der Waals surface area (Å²) in [6.45, 7) is 2.16. The maximum absolute atomic E-state index is 9.87. The fourth-order valence-electron chi connectivity index (χ4n) is 4.59. The van der Waals surface area contributed by atoms with Crippen molar-refractivity contribution in [2.45, 2.75) is 36.9 Å². The highest BCUT2D eigenvalue weighted by atomic mass is 16.6. The fraction of sp³-hybridized carbons (Fsp3) is 0.455. The highest BCUT2D eigenvalue weighted by Crippen LogP contribution is 2.30. The first kappa shape index (κ1) is 19.0. The summed E-state index contributed by atoms with van der Waals surface area (Å²) >= 11 is 0. The van der Waals surface area contributed by atoms with Crippen molar-refractivity contribution in [2.24, 2.45) is 0 Å². The number of H-pyrrole nitrogens is 1. The third-order valence-corrected chi connectivity index (χ3v) is 6.26. The molecule has 0 unspecified atom stereocenters. The smallest absolute Gasteiger partial charge is 0.296 e. The maximum Gasteiger partial charge on any atom is 0.296 e. The number of hydrogen-bond donors (Lipinski definition) is 3. The molecule has 0 radical (unpaired) electrons. The maximum atomic E-state index is 9.87. The fourth-order valence-corrected chi connectivity index (χ4v) is 4.59. The molecule has 3 N–H and O–H groups in total. The molecule has 3 aromatic rings. The van der Waals surface area contributed by atoms with Gasteiger partial charge in [-0.05, 0) is 30.7 Å². The summed E-state index contributed by atoms with van der Waals surface area (Å²) in [5.41, 5.74) is 4.28. The molecule has 5 atom stereocenters.